The van der Waals surface area contributed by atoms with E-state index in [0.717, 1.165) is 29.6 Å². The van der Waals surface area contributed by atoms with Gasteiger partial charge in [0.05, 0.1) is 7.11 Å². The minimum atomic E-state index is -0.888. The van der Waals surface area contributed by atoms with Crippen molar-refractivity contribution in [3.05, 3.63) is 95.2 Å². The zero-order valence-corrected chi connectivity index (χ0v) is 22.1. The predicted octanol–water partition coefficient (Wildman–Crippen LogP) is 5.23. The molecule has 1 amide bonds. The summed E-state index contributed by atoms with van der Waals surface area (Å²) in [5.74, 6) is -2.24. The highest BCUT2D eigenvalue weighted by molar-refractivity contribution is 7.14. The zero-order valence-electron chi connectivity index (χ0n) is 21.3. The maximum Gasteiger partial charge on any atom is 0.413 e. The Balaban J connectivity index is 1.74. The molecule has 0 saturated carbocycles. The number of esters is 2. The van der Waals surface area contributed by atoms with Gasteiger partial charge in [0.15, 0.2) is 11.2 Å². The Morgan fingerprint density at radius 3 is 2.08 bits per heavy atom. The molecule has 10 nitrogen and oxygen atoms in total. The van der Waals surface area contributed by atoms with E-state index in [9.17, 15) is 14.4 Å². The molecule has 0 bridgehead atoms. The van der Waals surface area contributed by atoms with Crippen molar-refractivity contribution in [1.82, 2.24) is 4.98 Å². The smallest absolute Gasteiger partial charge is 0.413 e. The Morgan fingerprint density at radius 2 is 1.55 bits per heavy atom. The Hall–Kier alpha value is -4.51. The predicted molar refractivity (Wildman–Crippen MR) is 142 cm³/mol. The Kier molecular flexibility index (Phi) is 9.33. The van der Waals surface area contributed by atoms with Crippen molar-refractivity contribution in [2.24, 2.45) is 5.16 Å². The zero-order chi connectivity index (χ0) is 27.7. The SMILES string of the molecule is C=C(ON=C(C(=O)OC)c1csc(NC(=O)OC(C)(C)C)n1)C(=O)OC(c1ccccc1)c1ccccc1. The summed E-state index contributed by atoms with van der Waals surface area (Å²) < 4.78 is 15.6. The summed E-state index contributed by atoms with van der Waals surface area (Å²) in [6.07, 6.45) is -1.44. The summed E-state index contributed by atoms with van der Waals surface area (Å²) in [4.78, 5) is 46.5. The molecule has 198 valence electrons. The second-order valence-electron chi connectivity index (χ2n) is 8.72. The van der Waals surface area contributed by atoms with Crippen LogP contribution in [0.5, 0.6) is 0 Å². The first kappa shape index (κ1) is 28.1. The van der Waals surface area contributed by atoms with Crippen LogP contribution < -0.4 is 5.32 Å². The van der Waals surface area contributed by atoms with E-state index in [1.54, 1.807) is 20.8 Å². The van der Waals surface area contributed by atoms with Crippen LogP contribution in [0.4, 0.5) is 9.93 Å². The molecule has 0 aliphatic heterocycles. The quantitative estimate of drug-likeness (QED) is 0.0982. The maximum atomic E-state index is 12.8. The van der Waals surface area contributed by atoms with E-state index in [1.807, 2.05) is 60.7 Å². The normalized spacial score (nSPS) is 11.4. The molecule has 0 radical (unpaired) electrons. The number of nitrogens with one attached hydrogen (secondary N) is 1. The number of methoxy groups -OCH3 is 1. The van der Waals surface area contributed by atoms with Crippen LogP contribution in [0, 0.1) is 0 Å². The fraction of sp³-hybridized carbons (Fsp3) is 0.222. The molecule has 0 fully saturated rings. The monoisotopic (exact) mass is 537 g/mol. The lowest BCUT2D eigenvalue weighted by atomic mass is 10.0. The Labute approximate surface area is 223 Å². The van der Waals surface area contributed by atoms with Crippen molar-refractivity contribution < 1.29 is 33.4 Å². The fourth-order valence-corrected chi connectivity index (χ4v) is 3.69. The second-order valence-corrected chi connectivity index (χ2v) is 9.58. The molecular weight excluding hydrogens is 510 g/mol. The number of carbonyl (C=O) groups is 3. The van der Waals surface area contributed by atoms with Crippen LogP contribution in [-0.4, -0.2) is 41.4 Å². The molecule has 3 aromatic rings. The van der Waals surface area contributed by atoms with Crippen LogP contribution in [0.15, 0.2) is 83.5 Å². The van der Waals surface area contributed by atoms with Crippen LogP contribution in [0.2, 0.25) is 0 Å². The van der Waals surface area contributed by atoms with Gasteiger partial charge in [0.1, 0.15) is 11.3 Å². The molecule has 0 saturated heterocycles. The highest BCUT2D eigenvalue weighted by atomic mass is 32.1. The molecule has 0 spiro atoms. The van der Waals surface area contributed by atoms with E-state index < -0.39 is 35.5 Å². The number of ether oxygens (including phenoxy) is 3. The van der Waals surface area contributed by atoms with Gasteiger partial charge in [0.25, 0.3) is 0 Å². The molecule has 11 heteroatoms. The van der Waals surface area contributed by atoms with E-state index in [2.05, 4.69) is 22.0 Å². The number of nitrogens with zero attached hydrogens (tertiary/aromatic N) is 2. The highest BCUT2D eigenvalue weighted by Crippen LogP contribution is 2.27. The molecule has 0 unspecified atom stereocenters. The van der Waals surface area contributed by atoms with Crippen molar-refractivity contribution in [3.63, 3.8) is 0 Å². The lowest BCUT2D eigenvalue weighted by molar-refractivity contribution is -0.147. The maximum absolute atomic E-state index is 12.8. The first-order valence-electron chi connectivity index (χ1n) is 11.4. The molecule has 2 aromatic carbocycles. The van der Waals surface area contributed by atoms with E-state index in [1.165, 1.54) is 5.38 Å². The van der Waals surface area contributed by atoms with Gasteiger partial charge >= 0.3 is 18.0 Å². The number of carbonyl (C=O) groups excluding carboxylic acids is 3. The number of anilines is 1. The third kappa shape index (κ3) is 8.00. The van der Waals surface area contributed by atoms with Crippen molar-refractivity contribution in [3.8, 4) is 0 Å². The van der Waals surface area contributed by atoms with Crippen LogP contribution in [-0.2, 0) is 28.6 Å². The van der Waals surface area contributed by atoms with E-state index in [4.69, 9.17) is 19.0 Å². The minimum absolute atomic E-state index is 0.0422. The molecule has 0 aliphatic rings. The minimum Gasteiger partial charge on any atom is -0.464 e. The summed E-state index contributed by atoms with van der Waals surface area (Å²) in [6, 6.07) is 18.3. The third-order valence-electron chi connectivity index (χ3n) is 4.64. The standard InChI is InChI=1S/C27H27N3O7S/c1-17(23(31)35-22(18-12-8-6-9-13-18)19-14-10-7-11-15-19)37-30-21(24(32)34-5)20-16-38-25(28-20)29-26(33)36-27(2,3)4/h6-16,22H,1H2,2-5H3,(H,28,29,33). The van der Waals surface area contributed by atoms with Crippen LogP contribution in [0.1, 0.15) is 43.7 Å². The molecule has 1 aromatic heterocycles. The van der Waals surface area contributed by atoms with Gasteiger partial charge in [-0.2, -0.15) is 0 Å². The van der Waals surface area contributed by atoms with Gasteiger partial charge in [-0.15, -0.1) is 11.3 Å². The number of hydrogen-bond acceptors (Lipinski definition) is 10. The van der Waals surface area contributed by atoms with Crippen molar-refractivity contribution >= 4 is 40.2 Å². The van der Waals surface area contributed by atoms with Crippen molar-refractivity contribution in [1.29, 1.82) is 0 Å². The molecule has 0 atom stereocenters. The molecule has 0 aliphatic carbocycles. The third-order valence-corrected chi connectivity index (χ3v) is 5.40. The number of benzene rings is 2. The van der Waals surface area contributed by atoms with Crippen molar-refractivity contribution in [2.45, 2.75) is 32.5 Å². The Morgan fingerprint density at radius 1 is 0.974 bits per heavy atom. The molecular formula is C27H27N3O7S. The molecule has 3 rings (SSSR count). The van der Waals surface area contributed by atoms with Crippen LogP contribution >= 0.6 is 11.3 Å². The van der Waals surface area contributed by atoms with E-state index in [-0.39, 0.29) is 16.5 Å². The van der Waals surface area contributed by atoms with Crippen molar-refractivity contribution in [2.75, 3.05) is 12.4 Å². The molecule has 38 heavy (non-hydrogen) atoms. The largest absolute Gasteiger partial charge is 0.464 e. The van der Waals surface area contributed by atoms with Gasteiger partial charge in [0.2, 0.25) is 11.5 Å². The second kappa shape index (κ2) is 12.6. The Bertz CT molecular complexity index is 1280. The number of thiazole rings is 1. The molecule has 1 N–H and O–H groups in total. The first-order chi connectivity index (χ1) is 18.1. The lowest BCUT2D eigenvalue weighted by Crippen LogP contribution is -2.27. The summed E-state index contributed by atoms with van der Waals surface area (Å²) >= 11 is 1.02. The van der Waals surface area contributed by atoms with Gasteiger partial charge < -0.3 is 19.0 Å². The fourth-order valence-electron chi connectivity index (χ4n) is 3.01. The summed E-state index contributed by atoms with van der Waals surface area (Å²) in [5.41, 5.74) is 0.473. The average Bonchev–Trinajstić information content (AvgIpc) is 3.34. The number of oxime groups is 1. The summed E-state index contributed by atoms with van der Waals surface area (Å²) in [7, 11) is 1.15. The van der Waals surface area contributed by atoms with Gasteiger partial charge in [-0.25, -0.2) is 19.4 Å². The van der Waals surface area contributed by atoms with E-state index in [0.29, 0.717) is 0 Å². The number of amides is 1. The number of rotatable bonds is 9. The van der Waals surface area contributed by atoms with Gasteiger partial charge in [-0.3, -0.25) is 5.32 Å². The first-order valence-corrected chi connectivity index (χ1v) is 12.2. The summed E-state index contributed by atoms with van der Waals surface area (Å²) in [6.45, 7) is 8.74. The summed E-state index contributed by atoms with van der Waals surface area (Å²) in [5, 5.41) is 7.81. The van der Waals surface area contributed by atoms with Gasteiger partial charge in [-0.05, 0) is 38.5 Å². The highest BCUT2D eigenvalue weighted by Gasteiger charge is 2.24. The lowest BCUT2D eigenvalue weighted by Gasteiger charge is -2.19. The van der Waals surface area contributed by atoms with Gasteiger partial charge in [-0.1, -0.05) is 65.8 Å². The number of aromatic nitrogens is 1. The van der Waals surface area contributed by atoms with E-state index >= 15 is 0 Å². The average molecular weight is 538 g/mol. The topological polar surface area (TPSA) is 125 Å². The van der Waals surface area contributed by atoms with Gasteiger partial charge in [0, 0.05) is 5.38 Å². The van der Waals surface area contributed by atoms with Crippen LogP contribution in [0.25, 0.3) is 0 Å². The molecule has 1 heterocycles. The van der Waals surface area contributed by atoms with Crippen LogP contribution in [0.3, 0.4) is 0 Å². The number of hydrogen-bond donors (Lipinski definition) is 1.